The first-order valence-corrected chi connectivity index (χ1v) is 7.45. The Kier molecular flexibility index (Phi) is 4.04. The number of carbonyl (C=O) groups is 1. The van der Waals surface area contributed by atoms with Crippen molar-refractivity contribution in [2.75, 3.05) is 0 Å². The summed E-state index contributed by atoms with van der Waals surface area (Å²) >= 11 is 0. The molecule has 0 fully saturated rings. The molecule has 0 aliphatic rings. The number of nitrogens with zero attached hydrogens (tertiary/aromatic N) is 1. The van der Waals surface area contributed by atoms with E-state index in [2.05, 4.69) is 4.98 Å². The van der Waals surface area contributed by atoms with Crippen molar-refractivity contribution in [3.8, 4) is 11.1 Å². The molecule has 0 aliphatic carbocycles. The highest BCUT2D eigenvalue weighted by Crippen LogP contribution is 2.30. The number of fused-ring (bicyclic) bond motifs is 1. The van der Waals surface area contributed by atoms with Crippen molar-refractivity contribution in [3.63, 3.8) is 0 Å². The molecule has 3 rings (SSSR count). The van der Waals surface area contributed by atoms with Crippen molar-refractivity contribution >= 4 is 16.8 Å². The minimum Gasteiger partial charge on any atom is -0.366 e. The molecule has 24 heavy (non-hydrogen) atoms. The molecule has 122 valence electrons. The average molecular weight is 325 g/mol. The summed E-state index contributed by atoms with van der Waals surface area (Å²) in [6.45, 7) is 2.23. The number of carbonyl (C=O) groups excluding carboxylic acids is 1. The van der Waals surface area contributed by atoms with Crippen molar-refractivity contribution in [1.29, 1.82) is 0 Å². The molecule has 0 atom stereocenters. The maximum atomic E-state index is 14.7. The fourth-order valence-corrected chi connectivity index (χ4v) is 2.70. The van der Waals surface area contributed by atoms with Crippen LogP contribution in [0.15, 0.2) is 53.6 Å². The molecule has 0 spiro atoms. The summed E-state index contributed by atoms with van der Waals surface area (Å²) in [4.78, 5) is 26.8. The number of allylic oxidation sites excluding steroid dienone is 2. The van der Waals surface area contributed by atoms with E-state index in [-0.39, 0.29) is 16.7 Å². The Morgan fingerprint density at radius 3 is 2.83 bits per heavy atom. The van der Waals surface area contributed by atoms with E-state index in [0.717, 1.165) is 0 Å². The zero-order valence-corrected chi connectivity index (χ0v) is 13.0. The summed E-state index contributed by atoms with van der Waals surface area (Å²) in [5, 5.41) is 0.595. The van der Waals surface area contributed by atoms with Crippen LogP contribution in [-0.4, -0.2) is 15.5 Å². The Morgan fingerprint density at radius 1 is 1.33 bits per heavy atom. The number of nitrogens with one attached hydrogen (secondary N) is 1. The van der Waals surface area contributed by atoms with Gasteiger partial charge in [-0.2, -0.15) is 0 Å². The summed E-state index contributed by atoms with van der Waals surface area (Å²) in [7, 11) is 0. The summed E-state index contributed by atoms with van der Waals surface area (Å²) in [5.41, 5.74) is 6.00. The van der Waals surface area contributed by atoms with Crippen LogP contribution in [0.3, 0.4) is 0 Å². The Balaban J connectivity index is 2.32. The predicted molar refractivity (Wildman–Crippen MR) is 91.3 cm³/mol. The van der Waals surface area contributed by atoms with Crippen molar-refractivity contribution in [2.24, 2.45) is 5.73 Å². The van der Waals surface area contributed by atoms with E-state index in [4.69, 9.17) is 5.73 Å². The Hall–Kier alpha value is -3.15. The standard InChI is InChI=1S/C18H16FN3O2/c1-2-3-9-22-10-14(12-7-8-21-16(12)18(22)24)11-5-4-6-13(15(11)19)17(20)23/h2-8,10,21H,9H2,1H3,(H2,20,23). The maximum absolute atomic E-state index is 14.7. The lowest BCUT2D eigenvalue weighted by Gasteiger charge is -2.11. The quantitative estimate of drug-likeness (QED) is 0.723. The molecule has 1 aromatic carbocycles. The molecule has 0 aliphatic heterocycles. The van der Waals surface area contributed by atoms with Gasteiger partial charge in [-0.3, -0.25) is 9.59 Å². The first-order chi connectivity index (χ1) is 11.5. The molecule has 2 aromatic heterocycles. The molecule has 3 aromatic rings. The van der Waals surface area contributed by atoms with Crippen LogP contribution in [0.2, 0.25) is 0 Å². The van der Waals surface area contributed by atoms with Gasteiger partial charge in [-0.15, -0.1) is 0 Å². The fourth-order valence-electron chi connectivity index (χ4n) is 2.70. The van der Waals surface area contributed by atoms with Gasteiger partial charge in [0.2, 0.25) is 0 Å². The number of primary amides is 1. The highest BCUT2D eigenvalue weighted by molar-refractivity contribution is 5.98. The van der Waals surface area contributed by atoms with Crippen LogP contribution in [0.1, 0.15) is 17.3 Å². The molecular weight excluding hydrogens is 309 g/mol. The molecule has 6 heteroatoms. The Labute approximate surface area is 137 Å². The van der Waals surface area contributed by atoms with Gasteiger partial charge in [-0.1, -0.05) is 24.3 Å². The number of hydrogen-bond acceptors (Lipinski definition) is 2. The maximum Gasteiger partial charge on any atom is 0.275 e. The second-order valence-electron chi connectivity index (χ2n) is 5.37. The summed E-state index contributed by atoms with van der Waals surface area (Å²) < 4.78 is 16.2. The third kappa shape index (κ3) is 2.52. The van der Waals surface area contributed by atoms with Gasteiger partial charge in [-0.25, -0.2) is 4.39 Å². The molecule has 0 radical (unpaired) electrons. The largest absolute Gasteiger partial charge is 0.366 e. The zero-order chi connectivity index (χ0) is 17.3. The van der Waals surface area contributed by atoms with E-state index in [1.165, 1.54) is 10.6 Å². The van der Waals surface area contributed by atoms with Crippen molar-refractivity contribution in [1.82, 2.24) is 9.55 Å². The average Bonchev–Trinajstić information content (AvgIpc) is 3.05. The van der Waals surface area contributed by atoms with E-state index in [1.54, 1.807) is 30.6 Å². The van der Waals surface area contributed by atoms with Crippen LogP contribution in [0.4, 0.5) is 4.39 Å². The third-order valence-electron chi connectivity index (χ3n) is 3.89. The number of benzene rings is 1. The van der Waals surface area contributed by atoms with Crippen LogP contribution in [-0.2, 0) is 6.54 Å². The lowest BCUT2D eigenvalue weighted by Crippen LogP contribution is -2.20. The number of aromatic nitrogens is 2. The SMILES string of the molecule is CC=CCn1cc(-c2cccc(C(N)=O)c2F)c2cc[nH]c2c1=O. The molecule has 0 unspecified atom stereocenters. The third-order valence-corrected chi connectivity index (χ3v) is 3.89. The number of nitrogens with two attached hydrogens (primary N) is 1. The normalized spacial score (nSPS) is 11.4. The topological polar surface area (TPSA) is 80.9 Å². The van der Waals surface area contributed by atoms with Gasteiger partial charge in [0.25, 0.3) is 11.5 Å². The van der Waals surface area contributed by atoms with Gasteiger partial charge in [-0.05, 0) is 19.1 Å². The van der Waals surface area contributed by atoms with Crippen LogP contribution >= 0.6 is 0 Å². The lowest BCUT2D eigenvalue weighted by atomic mass is 10.0. The van der Waals surface area contributed by atoms with Gasteiger partial charge in [0, 0.05) is 35.5 Å². The highest BCUT2D eigenvalue weighted by atomic mass is 19.1. The molecule has 2 heterocycles. The van der Waals surface area contributed by atoms with Crippen LogP contribution < -0.4 is 11.3 Å². The summed E-state index contributed by atoms with van der Waals surface area (Å²) in [6, 6.07) is 6.18. The number of halogens is 1. The summed E-state index contributed by atoms with van der Waals surface area (Å²) in [6.07, 6.45) is 6.89. The number of rotatable bonds is 4. The number of aromatic amines is 1. The minimum atomic E-state index is -0.832. The van der Waals surface area contributed by atoms with Crippen molar-refractivity contribution in [2.45, 2.75) is 13.5 Å². The monoisotopic (exact) mass is 325 g/mol. The van der Waals surface area contributed by atoms with Crippen LogP contribution in [0, 0.1) is 5.82 Å². The van der Waals surface area contributed by atoms with Crippen LogP contribution in [0.25, 0.3) is 22.0 Å². The van der Waals surface area contributed by atoms with Gasteiger partial charge in [0.1, 0.15) is 11.3 Å². The zero-order valence-electron chi connectivity index (χ0n) is 13.0. The first-order valence-electron chi connectivity index (χ1n) is 7.45. The second kappa shape index (κ2) is 6.16. The van der Waals surface area contributed by atoms with E-state index in [0.29, 0.717) is 23.0 Å². The van der Waals surface area contributed by atoms with Gasteiger partial charge in [0.15, 0.2) is 0 Å². The molecule has 3 N–H and O–H groups in total. The van der Waals surface area contributed by atoms with Crippen molar-refractivity contribution < 1.29 is 9.18 Å². The van der Waals surface area contributed by atoms with Crippen LogP contribution in [0.5, 0.6) is 0 Å². The predicted octanol–water partition coefficient (Wildman–Crippen LogP) is 2.81. The number of pyridine rings is 1. The first kappa shape index (κ1) is 15.7. The molecule has 0 saturated carbocycles. The van der Waals surface area contributed by atoms with E-state index in [1.807, 2.05) is 19.1 Å². The molecular formula is C18H16FN3O2. The Bertz CT molecular complexity index is 1010. The number of amides is 1. The second-order valence-corrected chi connectivity index (χ2v) is 5.37. The van der Waals surface area contributed by atoms with Gasteiger partial charge < -0.3 is 15.3 Å². The minimum absolute atomic E-state index is 0.178. The summed E-state index contributed by atoms with van der Waals surface area (Å²) in [5.74, 6) is -1.52. The number of H-pyrrole nitrogens is 1. The van der Waals surface area contributed by atoms with E-state index >= 15 is 0 Å². The van der Waals surface area contributed by atoms with E-state index in [9.17, 15) is 14.0 Å². The molecule has 5 nitrogen and oxygen atoms in total. The molecule has 0 saturated heterocycles. The van der Waals surface area contributed by atoms with Gasteiger partial charge >= 0.3 is 0 Å². The Morgan fingerprint density at radius 2 is 2.12 bits per heavy atom. The molecule has 0 bridgehead atoms. The van der Waals surface area contributed by atoms with Gasteiger partial charge in [0.05, 0.1) is 5.56 Å². The van der Waals surface area contributed by atoms with Crippen molar-refractivity contribution in [3.05, 3.63) is 70.5 Å². The number of hydrogen-bond donors (Lipinski definition) is 2. The highest BCUT2D eigenvalue weighted by Gasteiger charge is 2.17. The smallest absolute Gasteiger partial charge is 0.275 e. The lowest BCUT2D eigenvalue weighted by molar-refractivity contribution is 0.0996. The fraction of sp³-hybridized carbons (Fsp3) is 0.111. The van der Waals surface area contributed by atoms with E-state index < -0.39 is 11.7 Å². The molecule has 1 amide bonds.